The maximum atomic E-state index is 11.3. The van der Waals surface area contributed by atoms with E-state index in [9.17, 15) is 5.21 Å². The highest BCUT2D eigenvalue weighted by molar-refractivity contribution is 5.52. The maximum absolute atomic E-state index is 11.3. The van der Waals surface area contributed by atoms with Crippen LogP contribution in [0.2, 0.25) is 0 Å². The third kappa shape index (κ3) is 1.46. The van der Waals surface area contributed by atoms with Crippen molar-refractivity contribution in [2.45, 2.75) is 0 Å². The van der Waals surface area contributed by atoms with E-state index in [1.54, 1.807) is 18.2 Å². The van der Waals surface area contributed by atoms with E-state index < -0.39 is 0 Å². The molecule has 0 saturated carbocycles. The second-order valence-electron chi connectivity index (χ2n) is 2.77. The van der Waals surface area contributed by atoms with Crippen LogP contribution in [-0.2, 0) is 0 Å². The third-order valence-electron chi connectivity index (χ3n) is 1.83. The van der Waals surface area contributed by atoms with E-state index in [1.807, 2.05) is 0 Å². The first kappa shape index (κ1) is 9.02. The Bertz CT molecular complexity index is 528. The summed E-state index contributed by atoms with van der Waals surface area (Å²) in [6.45, 7) is 0. The highest BCUT2D eigenvalue weighted by Crippen LogP contribution is 2.17. The molecule has 0 radical (unpaired) electrons. The normalized spacial score (nSPS) is 9.80. The molecular formula is C9H6N4O2. The average molecular weight is 202 g/mol. The molecule has 6 heteroatoms. The zero-order valence-electron chi connectivity index (χ0n) is 7.54. The smallest absolute Gasteiger partial charge is 0.312 e. The Balaban J connectivity index is 2.62. The number of nitrogens with zero attached hydrogens (tertiary/aromatic N) is 3. The molecule has 0 aliphatic carbocycles. The minimum absolute atomic E-state index is 0.112. The monoisotopic (exact) mass is 202 g/mol. The van der Waals surface area contributed by atoms with Gasteiger partial charge in [0.1, 0.15) is 18.0 Å². The summed E-state index contributed by atoms with van der Waals surface area (Å²) >= 11 is 0. The number of nitriles is 1. The molecule has 6 nitrogen and oxygen atoms in total. The van der Waals surface area contributed by atoms with Gasteiger partial charge in [-0.05, 0) is 12.1 Å². The van der Waals surface area contributed by atoms with Crippen LogP contribution in [0, 0.1) is 16.5 Å². The molecule has 0 saturated heterocycles. The van der Waals surface area contributed by atoms with Crippen molar-refractivity contribution < 1.29 is 9.15 Å². The van der Waals surface area contributed by atoms with Gasteiger partial charge in [0.05, 0.1) is 6.26 Å². The standard InChI is InChI=1S/C9H6N4O2/c10-4-6-9(11)13(14)5-7(12-6)8-2-1-3-15-8/h1-3,5H,11H2. The average Bonchev–Trinajstić information content (AvgIpc) is 2.75. The minimum Gasteiger partial charge on any atom is -0.710 e. The first-order valence-electron chi connectivity index (χ1n) is 4.06. The molecular weight excluding hydrogens is 196 g/mol. The highest BCUT2D eigenvalue weighted by atomic mass is 16.5. The van der Waals surface area contributed by atoms with E-state index in [4.69, 9.17) is 15.4 Å². The van der Waals surface area contributed by atoms with Gasteiger partial charge in [-0.2, -0.15) is 5.26 Å². The maximum Gasteiger partial charge on any atom is 0.312 e. The van der Waals surface area contributed by atoms with Crippen LogP contribution in [-0.4, -0.2) is 4.98 Å². The number of furan rings is 1. The highest BCUT2D eigenvalue weighted by Gasteiger charge is 2.13. The summed E-state index contributed by atoms with van der Waals surface area (Å²) in [6, 6.07) is 5.04. The number of anilines is 1. The first-order chi connectivity index (χ1) is 7.22. The van der Waals surface area contributed by atoms with E-state index in [0.717, 1.165) is 6.20 Å². The summed E-state index contributed by atoms with van der Waals surface area (Å²) in [7, 11) is 0. The van der Waals surface area contributed by atoms with Gasteiger partial charge in [-0.1, -0.05) is 0 Å². The molecule has 0 unspecified atom stereocenters. The number of aromatic nitrogens is 2. The molecule has 2 aromatic heterocycles. The Kier molecular flexibility index (Phi) is 1.99. The zero-order chi connectivity index (χ0) is 10.8. The van der Waals surface area contributed by atoms with E-state index in [-0.39, 0.29) is 17.2 Å². The second-order valence-corrected chi connectivity index (χ2v) is 2.77. The van der Waals surface area contributed by atoms with Crippen LogP contribution in [0.1, 0.15) is 5.69 Å². The topological polar surface area (TPSA) is 103 Å². The van der Waals surface area contributed by atoms with Crippen molar-refractivity contribution in [1.29, 1.82) is 5.26 Å². The Morgan fingerprint density at radius 1 is 1.60 bits per heavy atom. The molecule has 0 aliphatic heterocycles. The fourth-order valence-corrected chi connectivity index (χ4v) is 1.12. The minimum atomic E-state index is -0.215. The lowest BCUT2D eigenvalue weighted by molar-refractivity contribution is -0.589. The zero-order valence-corrected chi connectivity index (χ0v) is 7.54. The molecule has 2 N–H and O–H groups in total. The van der Waals surface area contributed by atoms with Gasteiger partial charge in [0.15, 0.2) is 5.76 Å². The second kappa shape index (κ2) is 3.31. The van der Waals surface area contributed by atoms with Crippen LogP contribution < -0.4 is 10.5 Å². The van der Waals surface area contributed by atoms with Crippen molar-refractivity contribution in [2.75, 3.05) is 5.73 Å². The quantitative estimate of drug-likeness (QED) is 0.533. The Morgan fingerprint density at radius 3 is 3.00 bits per heavy atom. The molecule has 0 fully saturated rings. The lowest BCUT2D eigenvalue weighted by atomic mass is 10.3. The van der Waals surface area contributed by atoms with Gasteiger partial charge in [-0.25, -0.2) is 9.71 Å². The van der Waals surface area contributed by atoms with Gasteiger partial charge in [0.2, 0.25) is 5.69 Å². The summed E-state index contributed by atoms with van der Waals surface area (Å²) in [5.74, 6) is 0.198. The first-order valence-corrected chi connectivity index (χ1v) is 4.06. The summed E-state index contributed by atoms with van der Waals surface area (Å²) < 4.78 is 5.44. The molecule has 0 amide bonds. The van der Waals surface area contributed by atoms with Gasteiger partial charge < -0.3 is 9.62 Å². The van der Waals surface area contributed by atoms with Crippen molar-refractivity contribution in [3.63, 3.8) is 0 Å². The molecule has 0 spiro atoms. The molecule has 0 aromatic carbocycles. The van der Waals surface area contributed by atoms with Gasteiger partial charge >= 0.3 is 5.82 Å². The van der Waals surface area contributed by atoms with Crippen LogP contribution in [0.3, 0.4) is 0 Å². The van der Waals surface area contributed by atoms with Crippen molar-refractivity contribution in [3.05, 3.63) is 35.5 Å². The lowest BCUT2D eigenvalue weighted by Gasteiger charge is -2.06. The fourth-order valence-electron chi connectivity index (χ4n) is 1.12. The number of hydrogen-bond acceptors (Lipinski definition) is 5. The summed E-state index contributed by atoms with van der Waals surface area (Å²) in [6.07, 6.45) is 2.61. The predicted molar refractivity (Wildman–Crippen MR) is 50.0 cm³/mol. The van der Waals surface area contributed by atoms with Crippen LogP contribution in [0.4, 0.5) is 5.82 Å². The third-order valence-corrected chi connectivity index (χ3v) is 1.83. The number of nitrogen functional groups attached to an aromatic ring is 1. The molecule has 0 atom stereocenters. The summed E-state index contributed by atoms with van der Waals surface area (Å²) in [5, 5.41) is 20.0. The fraction of sp³-hybridized carbons (Fsp3) is 0. The van der Waals surface area contributed by atoms with E-state index >= 15 is 0 Å². The van der Waals surface area contributed by atoms with Crippen molar-refractivity contribution in [1.82, 2.24) is 4.98 Å². The number of rotatable bonds is 1. The Hall–Kier alpha value is -2.55. The van der Waals surface area contributed by atoms with Crippen LogP contribution in [0.5, 0.6) is 0 Å². The molecule has 74 valence electrons. The Labute approximate surface area is 84.8 Å². The van der Waals surface area contributed by atoms with Crippen molar-refractivity contribution in [2.24, 2.45) is 0 Å². The van der Waals surface area contributed by atoms with Gasteiger partial charge in [-0.3, -0.25) is 5.73 Å². The van der Waals surface area contributed by atoms with Crippen LogP contribution in [0.25, 0.3) is 11.5 Å². The van der Waals surface area contributed by atoms with E-state index in [1.165, 1.54) is 6.26 Å². The number of hydrogen-bond donors (Lipinski definition) is 1. The molecule has 2 rings (SSSR count). The summed E-state index contributed by atoms with van der Waals surface area (Å²) in [5.41, 5.74) is 5.52. The largest absolute Gasteiger partial charge is 0.710 e. The van der Waals surface area contributed by atoms with Crippen molar-refractivity contribution in [3.8, 4) is 17.5 Å². The van der Waals surface area contributed by atoms with Gasteiger partial charge in [-0.15, -0.1) is 0 Å². The Morgan fingerprint density at radius 2 is 2.40 bits per heavy atom. The SMILES string of the molecule is N#Cc1nc(-c2ccco2)c[n+]([O-])c1N. The predicted octanol–water partition coefficient (Wildman–Crippen LogP) is 0.429. The molecule has 15 heavy (non-hydrogen) atoms. The molecule has 2 aromatic rings. The number of nitrogens with two attached hydrogens (primary N) is 1. The van der Waals surface area contributed by atoms with Crippen LogP contribution >= 0.6 is 0 Å². The lowest BCUT2D eigenvalue weighted by Crippen LogP contribution is -2.32. The van der Waals surface area contributed by atoms with E-state index in [0.29, 0.717) is 10.5 Å². The molecule has 0 bridgehead atoms. The molecule has 0 aliphatic rings. The van der Waals surface area contributed by atoms with E-state index in [2.05, 4.69) is 4.98 Å². The van der Waals surface area contributed by atoms with Crippen LogP contribution in [0.15, 0.2) is 29.0 Å². The van der Waals surface area contributed by atoms with Gasteiger partial charge in [0, 0.05) is 0 Å². The summed E-state index contributed by atoms with van der Waals surface area (Å²) in [4.78, 5) is 3.89. The van der Waals surface area contributed by atoms with Gasteiger partial charge in [0.25, 0.3) is 0 Å². The molecule has 2 heterocycles. The van der Waals surface area contributed by atoms with Crippen molar-refractivity contribution >= 4 is 5.82 Å².